The summed E-state index contributed by atoms with van der Waals surface area (Å²) in [5, 5.41) is 8.24. The van der Waals surface area contributed by atoms with Crippen LogP contribution in [0.2, 0.25) is 0 Å². The molecule has 0 atom stereocenters. The van der Waals surface area contributed by atoms with E-state index in [9.17, 15) is 9.59 Å². The minimum atomic E-state index is -0.407. The lowest BCUT2D eigenvalue weighted by atomic mass is 10.3. The molecule has 1 aromatic heterocycles. The van der Waals surface area contributed by atoms with Crippen LogP contribution in [0.15, 0.2) is 18.2 Å². The highest BCUT2D eigenvalue weighted by atomic mass is 16.5. The number of aromatic nitrogens is 3. The van der Waals surface area contributed by atoms with Crippen molar-refractivity contribution in [3.8, 4) is 5.75 Å². The first kappa shape index (κ1) is 14.0. The molecule has 106 valence electrons. The molecule has 7 heteroatoms. The van der Waals surface area contributed by atoms with Crippen molar-refractivity contribution in [2.75, 3.05) is 13.1 Å². The summed E-state index contributed by atoms with van der Waals surface area (Å²) in [6.45, 7) is 6.29. The predicted octanol–water partition coefficient (Wildman–Crippen LogP) is 1.67. The van der Waals surface area contributed by atoms with E-state index in [1.807, 2.05) is 13.8 Å². The van der Waals surface area contributed by atoms with E-state index in [0.29, 0.717) is 29.9 Å². The van der Waals surface area contributed by atoms with Crippen LogP contribution in [0.3, 0.4) is 0 Å². The molecule has 0 unspecified atom stereocenters. The first-order chi connectivity index (χ1) is 9.55. The first-order valence-electron chi connectivity index (χ1n) is 6.40. The highest BCUT2D eigenvalue weighted by Gasteiger charge is 2.15. The van der Waals surface area contributed by atoms with Crippen molar-refractivity contribution in [1.29, 1.82) is 0 Å². The molecule has 0 saturated heterocycles. The average molecular weight is 276 g/mol. The SMILES string of the molecule is CCN(CC)C(=O)n1nc2ccc(OC(C)=O)cc2n1. The van der Waals surface area contributed by atoms with Gasteiger partial charge in [0, 0.05) is 26.1 Å². The zero-order valence-electron chi connectivity index (χ0n) is 11.7. The van der Waals surface area contributed by atoms with Crippen molar-refractivity contribution in [2.45, 2.75) is 20.8 Å². The van der Waals surface area contributed by atoms with Crippen LogP contribution < -0.4 is 4.74 Å². The maximum atomic E-state index is 12.1. The van der Waals surface area contributed by atoms with Gasteiger partial charge in [0.2, 0.25) is 0 Å². The number of fused-ring (bicyclic) bond motifs is 1. The van der Waals surface area contributed by atoms with Gasteiger partial charge in [-0.15, -0.1) is 10.2 Å². The van der Waals surface area contributed by atoms with E-state index in [0.717, 1.165) is 4.80 Å². The quantitative estimate of drug-likeness (QED) is 0.629. The summed E-state index contributed by atoms with van der Waals surface area (Å²) in [7, 11) is 0. The Labute approximate surface area is 116 Å². The van der Waals surface area contributed by atoms with Gasteiger partial charge in [-0.2, -0.15) is 0 Å². The molecule has 2 aromatic rings. The van der Waals surface area contributed by atoms with Crippen LogP contribution in [0, 0.1) is 0 Å². The van der Waals surface area contributed by atoms with Crippen molar-refractivity contribution in [3.05, 3.63) is 18.2 Å². The smallest absolute Gasteiger partial charge is 0.362 e. The molecule has 0 aliphatic carbocycles. The number of esters is 1. The van der Waals surface area contributed by atoms with Crippen LogP contribution in [0.5, 0.6) is 5.75 Å². The molecule has 7 nitrogen and oxygen atoms in total. The van der Waals surface area contributed by atoms with Gasteiger partial charge >= 0.3 is 12.0 Å². The first-order valence-corrected chi connectivity index (χ1v) is 6.40. The molecular weight excluding hydrogens is 260 g/mol. The minimum Gasteiger partial charge on any atom is -0.427 e. The van der Waals surface area contributed by atoms with Crippen molar-refractivity contribution < 1.29 is 14.3 Å². The van der Waals surface area contributed by atoms with Gasteiger partial charge in [0.15, 0.2) is 0 Å². The highest BCUT2D eigenvalue weighted by molar-refractivity contribution is 5.81. The Morgan fingerprint density at radius 1 is 1.20 bits per heavy atom. The average Bonchev–Trinajstić information content (AvgIpc) is 2.82. The summed E-state index contributed by atoms with van der Waals surface area (Å²) in [6, 6.07) is 4.58. The molecule has 2 rings (SSSR count). The lowest BCUT2D eigenvalue weighted by Gasteiger charge is -2.16. The fraction of sp³-hybridized carbons (Fsp3) is 0.385. The fourth-order valence-corrected chi connectivity index (χ4v) is 1.83. The third-order valence-electron chi connectivity index (χ3n) is 2.82. The van der Waals surface area contributed by atoms with Crippen LogP contribution in [0.4, 0.5) is 4.79 Å². The van der Waals surface area contributed by atoms with E-state index in [-0.39, 0.29) is 6.03 Å². The summed E-state index contributed by atoms with van der Waals surface area (Å²) < 4.78 is 4.97. The summed E-state index contributed by atoms with van der Waals surface area (Å²) in [5.74, 6) is -0.0247. The topological polar surface area (TPSA) is 77.3 Å². The van der Waals surface area contributed by atoms with Crippen LogP contribution in [0.25, 0.3) is 11.0 Å². The Kier molecular flexibility index (Phi) is 3.97. The van der Waals surface area contributed by atoms with Gasteiger partial charge in [0.1, 0.15) is 16.8 Å². The number of benzene rings is 1. The number of rotatable bonds is 3. The summed E-state index contributed by atoms with van der Waals surface area (Å²) in [4.78, 5) is 25.7. The van der Waals surface area contributed by atoms with Crippen LogP contribution in [-0.2, 0) is 4.79 Å². The van der Waals surface area contributed by atoms with Gasteiger partial charge < -0.3 is 9.64 Å². The van der Waals surface area contributed by atoms with Crippen molar-refractivity contribution in [3.63, 3.8) is 0 Å². The van der Waals surface area contributed by atoms with E-state index in [2.05, 4.69) is 10.2 Å². The molecule has 1 aromatic carbocycles. The molecule has 0 N–H and O–H groups in total. The molecule has 0 spiro atoms. The third-order valence-corrected chi connectivity index (χ3v) is 2.82. The molecule has 0 radical (unpaired) electrons. The van der Waals surface area contributed by atoms with E-state index in [1.54, 1.807) is 23.1 Å². The van der Waals surface area contributed by atoms with E-state index < -0.39 is 5.97 Å². The second-order valence-electron chi connectivity index (χ2n) is 4.19. The predicted molar refractivity (Wildman–Crippen MR) is 72.6 cm³/mol. The lowest BCUT2D eigenvalue weighted by molar-refractivity contribution is -0.131. The largest absolute Gasteiger partial charge is 0.427 e. The minimum absolute atomic E-state index is 0.278. The number of carbonyl (C=O) groups is 2. The number of hydrogen-bond donors (Lipinski definition) is 0. The molecule has 20 heavy (non-hydrogen) atoms. The van der Waals surface area contributed by atoms with Gasteiger partial charge in [0.25, 0.3) is 0 Å². The Bertz CT molecular complexity index is 646. The highest BCUT2D eigenvalue weighted by Crippen LogP contribution is 2.18. The van der Waals surface area contributed by atoms with E-state index in [1.165, 1.54) is 6.92 Å². The fourth-order valence-electron chi connectivity index (χ4n) is 1.83. The van der Waals surface area contributed by atoms with E-state index in [4.69, 9.17) is 4.74 Å². The molecule has 1 amide bonds. The number of hydrogen-bond acceptors (Lipinski definition) is 5. The Hall–Kier alpha value is -2.44. The summed E-state index contributed by atoms with van der Waals surface area (Å²) >= 11 is 0. The van der Waals surface area contributed by atoms with Gasteiger partial charge in [-0.3, -0.25) is 4.79 Å². The number of amides is 1. The van der Waals surface area contributed by atoms with Crippen LogP contribution in [0.1, 0.15) is 20.8 Å². The molecule has 0 saturated carbocycles. The lowest BCUT2D eigenvalue weighted by Crippen LogP contribution is -2.35. The van der Waals surface area contributed by atoms with Gasteiger partial charge in [-0.05, 0) is 26.0 Å². The normalized spacial score (nSPS) is 10.6. The number of nitrogens with zero attached hydrogens (tertiary/aromatic N) is 4. The molecular formula is C13H16N4O3. The van der Waals surface area contributed by atoms with Crippen molar-refractivity contribution >= 4 is 23.0 Å². The maximum absolute atomic E-state index is 12.1. The number of ether oxygens (including phenoxy) is 1. The monoisotopic (exact) mass is 276 g/mol. The molecule has 0 bridgehead atoms. The van der Waals surface area contributed by atoms with Crippen molar-refractivity contribution in [2.24, 2.45) is 0 Å². The molecule has 0 aliphatic rings. The zero-order chi connectivity index (χ0) is 14.7. The Morgan fingerprint density at radius 2 is 1.85 bits per heavy atom. The van der Waals surface area contributed by atoms with Gasteiger partial charge in [-0.25, -0.2) is 4.79 Å². The standard InChI is InChI=1S/C13H16N4O3/c1-4-16(5-2)13(19)17-14-11-7-6-10(20-9(3)18)8-12(11)15-17/h6-8H,4-5H2,1-3H3. The summed E-state index contributed by atoms with van der Waals surface area (Å²) in [5.41, 5.74) is 1.07. The molecule has 0 fully saturated rings. The van der Waals surface area contributed by atoms with Crippen LogP contribution >= 0.6 is 0 Å². The van der Waals surface area contributed by atoms with Crippen LogP contribution in [-0.4, -0.2) is 45.0 Å². The van der Waals surface area contributed by atoms with E-state index >= 15 is 0 Å². The van der Waals surface area contributed by atoms with Gasteiger partial charge in [0.05, 0.1) is 0 Å². The van der Waals surface area contributed by atoms with Gasteiger partial charge in [-0.1, -0.05) is 4.80 Å². The Balaban J connectivity index is 2.33. The third kappa shape index (κ3) is 2.76. The maximum Gasteiger partial charge on any atom is 0.362 e. The number of carbonyl (C=O) groups excluding carboxylic acids is 2. The molecule has 1 heterocycles. The second-order valence-corrected chi connectivity index (χ2v) is 4.19. The summed E-state index contributed by atoms with van der Waals surface area (Å²) in [6.07, 6.45) is 0. The Morgan fingerprint density at radius 3 is 2.45 bits per heavy atom. The molecule has 0 aliphatic heterocycles. The zero-order valence-corrected chi connectivity index (χ0v) is 11.7. The second kappa shape index (κ2) is 5.68. The van der Waals surface area contributed by atoms with Crippen molar-refractivity contribution in [1.82, 2.24) is 19.9 Å².